The van der Waals surface area contributed by atoms with Crippen LogP contribution in [-0.4, -0.2) is 54.9 Å². The van der Waals surface area contributed by atoms with Crippen molar-refractivity contribution in [1.29, 1.82) is 0 Å². The average Bonchev–Trinajstić information content (AvgIpc) is 2.03. The molecule has 0 aromatic rings. The van der Waals surface area contributed by atoms with Crippen LogP contribution in [0.2, 0.25) is 0 Å². The Bertz CT molecular complexity index is 145. The molecule has 6 nitrogen and oxygen atoms in total. The van der Waals surface area contributed by atoms with Crippen molar-refractivity contribution in [2.24, 2.45) is 0 Å². The van der Waals surface area contributed by atoms with Crippen LogP contribution in [-0.2, 0) is 23.1 Å². The monoisotopic (exact) mass is 228 g/mol. The van der Waals surface area contributed by atoms with E-state index in [1.165, 1.54) is 0 Å². The Morgan fingerprint density at radius 3 is 2.25 bits per heavy atom. The highest BCUT2D eigenvalue weighted by molar-refractivity contribution is 6.01. The second-order valence-electron chi connectivity index (χ2n) is 1.95. The summed E-state index contributed by atoms with van der Waals surface area (Å²) in [5, 5.41) is 8.73. The van der Waals surface area contributed by atoms with E-state index in [0.29, 0.717) is 10.5 Å². The molecular weight excluding hydrogens is 216 g/mol. The molecule has 0 spiro atoms. The molecule has 0 aliphatic heterocycles. The van der Waals surface area contributed by atoms with E-state index in [0.717, 1.165) is 0 Å². The molecule has 1 N–H and O–H groups in total. The van der Waals surface area contributed by atoms with Gasteiger partial charge in [-0.05, 0) is 0 Å². The van der Waals surface area contributed by atoms with Gasteiger partial charge in [0.15, 0.2) is 21.0 Å². The molecule has 0 aromatic heterocycles. The quantitative estimate of drug-likeness (QED) is 0.214. The summed E-state index contributed by atoms with van der Waals surface area (Å²) in [6, 6.07) is 0. The van der Waals surface area contributed by atoms with Crippen LogP contribution in [0.25, 0.3) is 0 Å². The first kappa shape index (κ1) is 12.0. The van der Waals surface area contributed by atoms with Gasteiger partial charge in [0.25, 0.3) is 0 Å². The lowest BCUT2D eigenvalue weighted by Gasteiger charge is -2.25. The van der Waals surface area contributed by atoms with Crippen molar-refractivity contribution in [2.75, 3.05) is 6.61 Å². The minimum atomic E-state index is -1.75. The number of carbonyl (C=O) groups is 1. The lowest BCUT2D eigenvalue weighted by molar-refractivity contribution is -0.350. The van der Waals surface area contributed by atoms with E-state index in [4.69, 9.17) is 14.0 Å². The number of carboxylic acids is 1. The third-order valence-corrected chi connectivity index (χ3v) is 2.32. The van der Waals surface area contributed by atoms with Crippen LogP contribution < -0.4 is 0 Å². The summed E-state index contributed by atoms with van der Waals surface area (Å²) in [5.41, 5.74) is 0. The zero-order chi connectivity index (χ0) is 9.61. The summed E-state index contributed by atoms with van der Waals surface area (Å²) in [6.45, 7) is -0.139. The maximum absolute atomic E-state index is 10.7. The fraction of sp³-hybridized carbons (Fsp3) is 0.667. The SMILES string of the molecule is O=C(O)C(CO[SiH3])(O[SiH3])OO[SiH3]. The number of carboxylic acid groups (broad SMARTS) is 1. The van der Waals surface area contributed by atoms with Crippen molar-refractivity contribution in [1.82, 2.24) is 0 Å². The van der Waals surface area contributed by atoms with Crippen LogP contribution in [0.1, 0.15) is 0 Å². The first-order valence-corrected chi connectivity index (χ1v) is 5.57. The van der Waals surface area contributed by atoms with Gasteiger partial charge in [-0.2, -0.15) is 4.89 Å². The van der Waals surface area contributed by atoms with E-state index in [1.54, 1.807) is 0 Å². The van der Waals surface area contributed by atoms with Crippen molar-refractivity contribution in [3.8, 4) is 0 Å². The average molecular weight is 228 g/mol. The van der Waals surface area contributed by atoms with Crippen LogP contribution in [0.4, 0.5) is 0 Å². The molecule has 12 heavy (non-hydrogen) atoms. The van der Waals surface area contributed by atoms with E-state index in [2.05, 4.69) is 9.46 Å². The number of aliphatic carboxylic acids is 1. The van der Waals surface area contributed by atoms with Crippen LogP contribution in [0.5, 0.6) is 0 Å². The van der Waals surface area contributed by atoms with Gasteiger partial charge < -0.3 is 14.0 Å². The lowest BCUT2D eigenvalue weighted by atomic mass is 10.3. The van der Waals surface area contributed by atoms with Crippen molar-refractivity contribution in [3.05, 3.63) is 0 Å². The van der Waals surface area contributed by atoms with Gasteiger partial charge in [0.2, 0.25) is 0 Å². The van der Waals surface area contributed by atoms with Gasteiger partial charge in [0, 0.05) is 0 Å². The van der Waals surface area contributed by atoms with E-state index in [-0.39, 0.29) is 27.6 Å². The summed E-state index contributed by atoms with van der Waals surface area (Å²) < 4.78 is 14.0. The molecule has 0 saturated carbocycles. The fourth-order valence-electron chi connectivity index (χ4n) is 0.626. The summed E-state index contributed by atoms with van der Waals surface area (Å²) >= 11 is 0. The Morgan fingerprint density at radius 2 is 2.00 bits per heavy atom. The van der Waals surface area contributed by atoms with Gasteiger partial charge in [0.05, 0.1) is 0 Å². The highest BCUT2D eigenvalue weighted by atomic mass is 28.2. The number of hydrogen-bond donors (Lipinski definition) is 1. The van der Waals surface area contributed by atoms with E-state index in [1.807, 2.05) is 0 Å². The van der Waals surface area contributed by atoms with Crippen LogP contribution >= 0.6 is 0 Å². The second-order valence-corrected chi connectivity index (χ2v) is 3.26. The molecule has 0 aliphatic carbocycles. The minimum absolute atomic E-state index is 0.139. The molecule has 9 heteroatoms. The number of hydrogen-bond acceptors (Lipinski definition) is 5. The normalized spacial score (nSPS) is 16.3. The van der Waals surface area contributed by atoms with Gasteiger partial charge in [-0.25, -0.2) is 4.79 Å². The molecule has 0 aliphatic rings. The van der Waals surface area contributed by atoms with E-state index >= 15 is 0 Å². The molecule has 0 aromatic carbocycles. The van der Waals surface area contributed by atoms with Crippen LogP contribution in [0.3, 0.4) is 0 Å². The lowest BCUT2D eigenvalue weighted by Crippen LogP contribution is -2.48. The van der Waals surface area contributed by atoms with E-state index in [9.17, 15) is 4.79 Å². The van der Waals surface area contributed by atoms with Gasteiger partial charge in [0.1, 0.15) is 17.1 Å². The van der Waals surface area contributed by atoms with Gasteiger partial charge >= 0.3 is 11.8 Å². The Kier molecular flexibility index (Phi) is 5.56. The first-order chi connectivity index (χ1) is 5.63. The Morgan fingerprint density at radius 1 is 1.42 bits per heavy atom. The summed E-state index contributed by atoms with van der Waals surface area (Å²) in [5.74, 6) is -2.99. The van der Waals surface area contributed by atoms with Gasteiger partial charge in [-0.1, -0.05) is 0 Å². The standard InChI is InChI=1S/C3H12O6Si3/c4-2(5)3(8-11,1-6-10)7-9-12/h1H2,10-12H3,(H,4,5). The van der Waals surface area contributed by atoms with Crippen molar-refractivity contribution < 1.29 is 28.2 Å². The Balaban J connectivity index is 4.39. The number of rotatable bonds is 6. The Labute approximate surface area is 78.7 Å². The molecule has 1 atom stereocenters. The molecule has 0 heterocycles. The van der Waals surface area contributed by atoms with Crippen molar-refractivity contribution in [3.63, 3.8) is 0 Å². The fourth-order valence-corrected chi connectivity index (χ4v) is 1.64. The summed E-state index contributed by atoms with van der Waals surface area (Å²) in [6.07, 6.45) is 0. The predicted octanol–water partition coefficient (Wildman–Crippen LogP) is -4.41. The molecule has 1 unspecified atom stereocenters. The van der Waals surface area contributed by atoms with Crippen molar-refractivity contribution >= 4 is 37.4 Å². The maximum atomic E-state index is 10.7. The molecule has 0 amide bonds. The summed E-state index contributed by atoms with van der Waals surface area (Å²) in [4.78, 5) is 15.2. The smallest absolute Gasteiger partial charge is 0.368 e. The first-order valence-electron chi connectivity index (χ1n) is 3.12. The molecule has 0 fully saturated rings. The third-order valence-electron chi connectivity index (χ3n) is 1.21. The predicted molar refractivity (Wildman–Crippen MR) is 49.4 cm³/mol. The third kappa shape index (κ3) is 2.78. The highest BCUT2D eigenvalue weighted by Gasteiger charge is 2.41. The highest BCUT2D eigenvalue weighted by Crippen LogP contribution is 2.12. The topological polar surface area (TPSA) is 74.2 Å². The molecule has 0 bridgehead atoms. The molecule has 0 rings (SSSR count). The molecular formula is C3H12O6Si3. The van der Waals surface area contributed by atoms with Crippen LogP contribution in [0.15, 0.2) is 0 Å². The van der Waals surface area contributed by atoms with Crippen molar-refractivity contribution in [2.45, 2.75) is 5.79 Å². The van der Waals surface area contributed by atoms with Gasteiger partial charge in [-0.3, -0.25) is 4.58 Å². The maximum Gasteiger partial charge on any atom is 0.368 e. The molecule has 0 radical (unpaired) electrons. The van der Waals surface area contributed by atoms with E-state index < -0.39 is 11.8 Å². The zero-order valence-corrected chi connectivity index (χ0v) is 13.2. The molecule has 0 saturated heterocycles. The second kappa shape index (κ2) is 5.58. The minimum Gasteiger partial charge on any atom is -0.477 e. The largest absolute Gasteiger partial charge is 0.477 e. The zero-order valence-electron chi connectivity index (χ0n) is 7.20. The summed E-state index contributed by atoms with van der Waals surface area (Å²) in [7, 11) is 0.946. The molecule has 72 valence electrons. The van der Waals surface area contributed by atoms with Crippen LogP contribution in [0, 0.1) is 0 Å². The Hall–Kier alpha value is -0.0394. The van der Waals surface area contributed by atoms with Gasteiger partial charge in [-0.15, -0.1) is 0 Å².